The van der Waals surface area contributed by atoms with Gasteiger partial charge in [0, 0.05) is 22.2 Å². The molecule has 1 aliphatic rings. The summed E-state index contributed by atoms with van der Waals surface area (Å²) >= 11 is 1.35. The Morgan fingerprint density at radius 2 is 1.88 bits per heavy atom. The molecule has 26 heavy (non-hydrogen) atoms. The number of allylic oxidation sites excluding steroid dienone is 2. The Kier molecular flexibility index (Phi) is 6.09. The van der Waals surface area contributed by atoms with Crippen LogP contribution in [-0.4, -0.2) is 28.9 Å². The fourth-order valence-electron chi connectivity index (χ4n) is 3.66. The van der Waals surface area contributed by atoms with Gasteiger partial charge >= 0.3 is 0 Å². The standard InChI is InChI=1S/C20H30N4OS/c1-13(16-7-8-17(26-16)18(21)25)9-10-22-14(2)23-15-11-19(3,4)24-20(5,6)12-15/h7-10,15,24H,1,11-12H2,2-6H3,(H2,21,25)(H,22,23)/b10-9-. The van der Waals surface area contributed by atoms with Gasteiger partial charge in [0.25, 0.3) is 5.91 Å². The molecule has 0 bridgehead atoms. The van der Waals surface area contributed by atoms with Crippen LogP contribution in [0, 0.1) is 0 Å². The zero-order valence-electron chi connectivity index (χ0n) is 16.3. The van der Waals surface area contributed by atoms with E-state index in [0.717, 1.165) is 29.1 Å². The number of nitrogens with one attached hydrogen (secondary N) is 2. The van der Waals surface area contributed by atoms with Gasteiger partial charge in [-0.25, -0.2) is 0 Å². The highest BCUT2D eigenvalue weighted by atomic mass is 32.1. The molecule has 142 valence electrons. The molecule has 0 radical (unpaired) electrons. The Balaban J connectivity index is 1.95. The average Bonchev–Trinajstić information content (AvgIpc) is 2.93. The van der Waals surface area contributed by atoms with E-state index < -0.39 is 5.91 Å². The van der Waals surface area contributed by atoms with Gasteiger partial charge in [0.15, 0.2) is 0 Å². The summed E-state index contributed by atoms with van der Waals surface area (Å²) < 4.78 is 0. The number of hydrogen-bond acceptors (Lipinski definition) is 4. The van der Waals surface area contributed by atoms with Crippen molar-refractivity contribution in [2.45, 2.75) is 64.6 Å². The SMILES string of the molecule is C=C(/C=C\NC(C)=NC1CC(C)(C)NC(C)(C)C1)c1ccc(C(N)=O)s1. The highest BCUT2D eigenvalue weighted by Crippen LogP contribution is 2.30. The first-order valence-corrected chi connectivity index (χ1v) is 9.65. The number of rotatable bonds is 5. The van der Waals surface area contributed by atoms with Crippen molar-refractivity contribution in [2.75, 3.05) is 0 Å². The number of nitrogens with two attached hydrogens (primary N) is 1. The minimum atomic E-state index is -0.410. The van der Waals surface area contributed by atoms with Crippen LogP contribution in [0.25, 0.3) is 5.57 Å². The molecule has 1 aliphatic heterocycles. The van der Waals surface area contributed by atoms with Gasteiger partial charge in [-0.05, 0) is 71.2 Å². The molecule has 1 saturated heterocycles. The minimum absolute atomic E-state index is 0.0810. The number of carbonyl (C=O) groups excluding carboxylic acids is 1. The molecule has 6 heteroatoms. The third-order valence-electron chi connectivity index (χ3n) is 4.29. The summed E-state index contributed by atoms with van der Waals surface area (Å²) in [6.45, 7) is 14.9. The van der Waals surface area contributed by atoms with Gasteiger partial charge in [-0.3, -0.25) is 9.79 Å². The van der Waals surface area contributed by atoms with Gasteiger partial charge in [0.1, 0.15) is 0 Å². The number of primary amides is 1. The van der Waals surface area contributed by atoms with Crippen LogP contribution in [-0.2, 0) is 0 Å². The third-order valence-corrected chi connectivity index (χ3v) is 5.46. The maximum absolute atomic E-state index is 11.2. The van der Waals surface area contributed by atoms with Crippen LogP contribution < -0.4 is 16.4 Å². The molecule has 2 rings (SSSR count). The van der Waals surface area contributed by atoms with Crippen molar-refractivity contribution in [3.05, 3.63) is 40.7 Å². The van der Waals surface area contributed by atoms with Crippen molar-refractivity contribution in [1.82, 2.24) is 10.6 Å². The fraction of sp³-hybridized carbons (Fsp3) is 0.500. The van der Waals surface area contributed by atoms with E-state index in [1.807, 2.05) is 25.3 Å². The average molecular weight is 375 g/mol. The Hall–Kier alpha value is -1.92. The number of hydrogen-bond donors (Lipinski definition) is 3. The van der Waals surface area contributed by atoms with E-state index in [9.17, 15) is 4.79 Å². The Bertz CT molecular complexity index is 727. The second-order valence-electron chi connectivity index (χ2n) is 8.20. The normalized spacial score (nSPS) is 20.3. The molecular formula is C20H30N4OS. The first kappa shape index (κ1) is 20.4. The molecule has 1 aromatic heterocycles. The number of amides is 1. The molecule has 0 aromatic carbocycles. The van der Waals surface area contributed by atoms with Crippen LogP contribution >= 0.6 is 11.3 Å². The lowest BCUT2D eigenvalue weighted by molar-refractivity contribution is 0.100. The second-order valence-corrected chi connectivity index (χ2v) is 9.28. The summed E-state index contributed by atoms with van der Waals surface area (Å²) in [4.78, 5) is 17.5. The van der Waals surface area contributed by atoms with Gasteiger partial charge in [-0.2, -0.15) is 0 Å². The minimum Gasteiger partial charge on any atom is -0.365 e. The Labute approximate surface area is 160 Å². The number of aliphatic imine (C=N–C) groups is 1. The predicted octanol–water partition coefficient (Wildman–Crippen LogP) is 3.69. The first-order chi connectivity index (χ1) is 12.0. The molecule has 0 aliphatic carbocycles. The summed E-state index contributed by atoms with van der Waals surface area (Å²) in [6, 6.07) is 3.88. The van der Waals surface area contributed by atoms with E-state index in [4.69, 9.17) is 10.7 Å². The van der Waals surface area contributed by atoms with Crippen LogP contribution in [0.15, 0.2) is 36.0 Å². The quantitative estimate of drug-likeness (QED) is 0.418. The molecule has 1 aromatic rings. The van der Waals surface area contributed by atoms with Crippen LogP contribution in [0.4, 0.5) is 0 Å². The predicted molar refractivity (Wildman–Crippen MR) is 112 cm³/mol. The molecule has 0 atom stereocenters. The van der Waals surface area contributed by atoms with E-state index in [2.05, 4.69) is 44.9 Å². The van der Waals surface area contributed by atoms with E-state index in [1.165, 1.54) is 11.3 Å². The van der Waals surface area contributed by atoms with Gasteiger partial charge in [0.05, 0.1) is 16.8 Å². The molecule has 5 nitrogen and oxygen atoms in total. The Morgan fingerprint density at radius 3 is 2.42 bits per heavy atom. The maximum Gasteiger partial charge on any atom is 0.258 e. The van der Waals surface area contributed by atoms with Crippen LogP contribution in [0.3, 0.4) is 0 Å². The molecular weight excluding hydrogens is 344 g/mol. The Morgan fingerprint density at radius 1 is 1.31 bits per heavy atom. The molecule has 1 fully saturated rings. The molecule has 4 N–H and O–H groups in total. The van der Waals surface area contributed by atoms with Crippen molar-refractivity contribution >= 4 is 28.7 Å². The second kappa shape index (κ2) is 7.76. The zero-order valence-corrected chi connectivity index (χ0v) is 17.2. The van der Waals surface area contributed by atoms with Crippen LogP contribution in [0.1, 0.15) is 62.0 Å². The first-order valence-electron chi connectivity index (χ1n) is 8.83. The highest BCUT2D eigenvalue weighted by molar-refractivity contribution is 7.15. The molecule has 0 saturated carbocycles. The summed E-state index contributed by atoms with van der Waals surface area (Å²) in [5.41, 5.74) is 6.27. The van der Waals surface area contributed by atoms with E-state index >= 15 is 0 Å². The summed E-state index contributed by atoms with van der Waals surface area (Å²) in [5, 5.41) is 6.89. The van der Waals surface area contributed by atoms with Crippen molar-refractivity contribution < 1.29 is 4.79 Å². The monoisotopic (exact) mass is 374 g/mol. The van der Waals surface area contributed by atoms with Crippen molar-refractivity contribution in [3.63, 3.8) is 0 Å². The topological polar surface area (TPSA) is 79.5 Å². The maximum atomic E-state index is 11.2. The molecule has 1 amide bonds. The number of thiophene rings is 1. The van der Waals surface area contributed by atoms with Crippen LogP contribution in [0.5, 0.6) is 0 Å². The highest BCUT2D eigenvalue weighted by Gasteiger charge is 2.37. The van der Waals surface area contributed by atoms with Gasteiger partial charge in [-0.1, -0.05) is 6.58 Å². The number of nitrogens with zero attached hydrogens (tertiary/aromatic N) is 1. The number of amidine groups is 1. The van der Waals surface area contributed by atoms with E-state index in [1.54, 1.807) is 6.07 Å². The van der Waals surface area contributed by atoms with Crippen molar-refractivity contribution in [1.29, 1.82) is 0 Å². The van der Waals surface area contributed by atoms with Crippen molar-refractivity contribution in [3.8, 4) is 0 Å². The van der Waals surface area contributed by atoms with Gasteiger partial charge in [0.2, 0.25) is 0 Å². The van der Waals surface area contributed by atoms with Crippen LogP contribution in [0.2, 0.25) is 0 Å². The molecule has 2 heterocycles. The summed E-state index contributed by atoms with van der Waals surface area (Å²) in [5.74, 6) is 0.475. The lowest BCUT2D eigenvalue weighted by Gasteiger charge is -2.45. The summed E-state index contributed by atoms with van der Waals surface area (Å²) in [6.07, 6.45) is 5.74. The van der Waals surface area contributed by atoms with E-state index in [0.29, 0.717) is 10.9 Å². The lowest BCUT2D eigenvalue weighted by atomic mass is 9.80. The molecule has 0 unspecified atom stereocenters. The fourth-order valence-corrected chi connectivity index (χ4v) is 4.47. The molecule has 0 spiro atoms. The smallest absolute Gasteiger partial charge is 0.258 e. The van der Waals surface area contributed by atoms with Gasteiger partial charge < -0.3 is 16.4 Å². The largest absolute Gasteiger partial charge is 0.365 e. The van der Waals surface area contributed by atoms with E-state index in [-0.39, 0.29) is 11.1 Å². The zero-order chi connectivity index (χ0) is 19.5. The van der Waals surface area contributed by atoms with Gasteiger partial charge in [-0.15, -0.1) is 11.3 Å². The number of piperidine rings is 1. The lowest BCUT2D eigenvalue weighted by Crippen LogP contribution is -2.59. The third kappa shape index (κ3) is 5.81. The number of carbonyl (C=O) groups is 1. The summed E-state index contributed by atoms with van der Waals surface area (Å²) in [7, 11) is 0. The van der Waals surface area contributed by atoms with Crippen molar-refractivity contribution in [2.24, 2.45) is 10.7 Å².